The van der Waals surface area contributed by atoms with Crippen molar-refractivity contribution in [2.24, 2.45) is 30.2 Å². The monoisotopic (exact) mass is 272 g/mol. The molecule has 0 N–H and O–H groups in total. The first kappa shape index (κ1) is 12.6. The number of aryl methyl sites for hydroxylation is 2. The Morgan fingerprint density at radius 3 is 2.35 bits per heavy atom. The quantitative estimate of drug-likeness (QED) is 0.844. The van der Waals surface area contributed by atoms with Crippen molar-refractivity contribution >= 4 is 5.78 Å². The molecule has 0 saturated heterocycles. The number of hydrogen-bond acceptors (Lipinski definition) is 2. The third-order valence-corrected chi connectivity index (χ3v) is 6.03. The number of nitrogens with zero attached hydrogens (tertiary/aromatic N) is 2. The fraction of sp³-hybridized carbons (Fsp3) is 0.765. The molecule has 108 valence electrons. The van der Waals surface area contributed by atoms with Gasteiger partial charge in [-0.25, -0.2) is 0 Å². The first-order valence-electron chi connectivity index (χ1n) is 8.14. The highest BCUT2D eigenvalue weighted by Crippen LogP contribution is 2.60. The third-order valence-electron chi connectivity index (χ3n) is 6.03. The van der Waals surface area contributed by atoms with E-state index in [0.717, 1.165) is 30.6 Å². The van der Waals surface area contributed by atoms with Gasteiger partial charge in [0, 0.05) is 25.1 Å². The summed E-state index contributed by atoms with van der Waals surface area (Å²) in [5, 5.41) is 4.19. The summed E-state index contributed by atoms with van der Waals surface area (Å²) in [6, 6.07) is 0. The molecule has 1 aromatic heterocycles. The van der Waals surface area contributed by atoms with Crippen LogP contribution in [0.4, 0.5) is 0 Å². The summed E-state index contributed by atoms with van der Waals surface area (Å²) in [6.45, 7) is 0. The van der Waals surface area contributed by atoms with Crippen molar-refractivity contribution in [3.05, 3.63) is 18.0 Å². The maximum atomic E-state index is 12.8. The average molecular weight is 272 g/mol. The van der Waals surface area contributed by atoms with E-state index in [1.807, 2.05) is 24.1 Å². The molecule has 4 aliphatic carbocycles. The zero-order chi connectivity index (χ0) is 13.7. The molecule has 0 aliphatic heterocycles. The van der Waals surface area contributed by atoms with E-state index >= 15 is 0 Å². The van der Waals surface area contributed by atoms with Gasteiger partial charge in [-0.15, -0.1) is 0 Å². The first-order chi connectivity index (χ1) is 9.63. The number of aromatic nitrogens is 2. The van der Waals surface area contributed by atoms with Crippen LogP contribution in [0.1, 0.15) is 50.5 Å². The summed E-state index contributed by atoms with van der Waals surface area (Å²) in [4.78, 5) is 12.8. The van der Waals surface area contributed by atoms with Crippen LogP contribution in [0.15, 0.2) is 12.4 Å². The second-order valence-corrected chi connectivity index (χ2v) is 7.64. The minimum absolute atomic E-state index is 0.0803. The minimum atomic E-state index is 0.0803. The molecule has 0 atom stereocenters. The highest BCUT2D eigenvalue weighted by atomic mass is 16.1. The van der Waals surface area contributed by atoms with Crippen LogP contribution in [-0.4, -0.2) is 15.6 Å². The van der Waals surface area contributed by atoms with Crippen molar-refractivity contribution in [2.75, 3.05) is 0 Å². The van der Waals surface area contributed by atoms with Gasteiger partial charge in [-0.2, -0.15) is 5.10 Å². The molecule has 4 saturated carbocycles. The van der Waals surface area contributed by atoms with Gasteiger partial charge in [-0.1, -0.05) is 0 Å². The lowest BCUT2D eigenvalue weighted by atomic mass is 9.48. The van der Waals surface area contributed by atoms with Gasteiger partial charge in [0.15, 0.2) is 0 Å². The van der Waals surface area contributed by atoms with Crippen molar-refractivity contribution in [3.63, 3.8) is 0 Å². The van der Waals surface area contributed by atoms with E-state index in [1.54, 1.807) is 0 Å². The van der Waals surface area contributed by atoms with Gasteiger partial charge in [0.2, 0.25) is 0 Å². The second kappa shape index (κ2) is 4.44. The first-order valence-corrected chi connectivity index (χ1v) is 8.14. The van der Waals surface area contributed by atoms with E-state index in [1.165, 1.54) is 44.1 Å². The van der Waals surface area contributed by atoms with Crippen molar-refractivity contribution in [3.8, 4) is 0 Å². The van der Waals surface area contributed by atoms with E-state index < -0.39 is 0 Å². The molecular weight excluding hydrogens is 248 g/mol. The second-order valence-electron chi connectivity index (χ2n) is 7.64. The van der Waals surface area contributed by atoms with Crippen LogP contribution in [0, 0.1) is 23.2 Å². The fourth-order valence-corrected chi connectivity index (χ4v) is 5.58. The molecule has 0 amide bonds. The molecule has 3 nitrogen and oxygen atoms in total. The van der Waals surface area contributed by atoms with Crippen molar-refractivity contribution in [2.45, 2.75) is 51.4 Å². The third kappa shape index (κ3) is 2.02. The van der Waals surface area contributed by atoms with Gasteiger partial charge in [0.05, 0.1) is 6.20 Å². The Balaban J connectivity index is 1.45. The van der Waals surface area contributed by atoms with E-state index in [9.17, 15) is 4.79 Å². The van der Waals surface area contributed by atoms with Gasteiger partial charge < -0.3 is 0 Å². The highest BCUT2D eigenvalue weighted by Gasteiger charge is 2.53. The largest absolute Gasteiger partial charge is 0.299 e. The Kier molecular flexibility index (Phi) is 2.80. The van der Waals surface area contributed by atoms with Gasteiger partial charge in [-0.05, 0) is 68.3 Å². The molecule has 1 aromatic rings. The number of carbonyl (C=O) groups is 1. The summed E-state index contributed by atoms with van der Waals surface area (Å²) in [7, 11) is 1.93. The fourth-order valence-electron chi connectivity index (χ4n) is 5.58. The normalized spacial score (nSPS) is 38.4. The molecule has 0 spiro atoms. The number of rotatable bonds is 4. The minimum Gasteiger partial charge on any atom is -0.299 e. The predicted octanol–water partition coefficient (Wildman–Crippen LogP) is 3.14. The molecule has 0 unspecified atom stereocenters. The van der Waals surface area contributed by atoms with Crippen LogP contribution in [0.3, 0.4) is 0 Å². The van der Waals surface area contributed by atoms with Crippen molar-refractivity contribution in [1.29, 1.82) is 0 Å². The number of hydrogen-bond donors (Lipinski definition) is 0. The van der Waals surface area contributed by atoms with Crippen molar-refractivity contribution in [1.82, 2.24) is 9.78 Å². The molecule has 5 rings (SSSR count). The SMILES string of the molecule is Cn1cc(CCC(=O)C23CC4CC(CC(C4)C2)C3)cn1. The highest BCUT2D eigenvalue weighted by molar-refractivity contribution is 5.85. The van der Waals surface area contributed by atoms with Gasteiger partial charge in [0.1, 0.15) is 5.78 Å². The molecule has 0 radical (unpaired) electrons. The van der Waals surface area contributed by atoms with Crippen molar-refractivity contribution < 1.29 is 4.79 Å². The van der Waals surface area contributed by atoms with Gasteiger partial charge in [0.25, 0.3) is 0 Å². The average Bonchev–Trinajstić information content (AvgIpc) is 2.80. The predicted molar refractivity (Wildman–Crippen MR) is 77.1 cm³/mol. The molecule has 4 bridgehead atoms. The zero-order valence-corrected chi connectivity index (χ0v) is 12.3. The maximum Gasteiger partial charge on any atom is 0.139 e. The molecule has 4 fully saturated rings. The molecule has 4 aliphatic rings. The standard InChI is InChI=1S/C17H24N2O/c1-19-11-12(10-18-19)2-3-16(20)17-7-13-4-14(8-17)6-15(5-13)9-17/h10-11,13-15H,2-9H2,1H3. The van der Waals surface area contributed by atoms with Gasteiger partial charge in [-0.3, -0.25) is 9.48 Å². The van der Waals surface area contributed by atoms with Crippen LogP contribution >= 0.6 is 0 Å². The molecule has 3 heteroatoms. The molecular formula is C17H24N2O. The Labute approximate surface area is 120 Å². The Morgan fingerprint density at radius 2 is 1.85 bits per heavy atom. The van der Waals surface area contributed by atoms with E-state index in [0.29, 0.717) is 5.78 Å². The summed E-state index contributed by atoms with van der Waals surface area (Å²) >= 11 is 0. The summed E-state index contributed by atoms with van der Waals surface area (Å²) in [5.74, 6) is 3.15. The molecule has 0 aromatic carbocycles. The van der Waals surface area contributed by atoms with E-state index in [-0.39, 0.29) is 5.41 Å². The summed E-state index contributed by atoms with van der Waals surface area (Å²) < 4.78 is 1.82. The topological polar surface area (TPSA) is 34.9 Å². The van der Waals surface area contributed by atoms with Crippen LogP contribution < -0.4 is 0 Å². The Morgan fingerprint density at radius 1 is 1.25 bits per heavy atom. The van der Waals surface area contributed by atoms with Gasteiger partial charge >= 0.3 is 0 Å². The lowest BCUT2D eigenvalue weighted by Crippen LogP contribution is -2.50. The van der Waals surface area contributed by atoms with Crippen LogP contribution in [0.5, 0.6) is 0 Å². The number of Topliss-reactive ketones (excluding diaryl/α,β-unsaturated/α-hetero) is 1. The van der Waals surface area contributed by atoms with E-state index in [2.05, 4.69) is 5.10 Å². The lowest BCUT2D eigenvalue weighted by molar-refractivity contribution is -0.143. The zero-order valence-electron chi connectivity index (χ0n) is 12.3. The van der Waals surface area contributed by atoms with Crippen LogP contribution in [0.25, 0.3) is 0 Å². The molecule has 1 heterocycles. The van der Waals surface area contributed by atoms with Crippen LogP contribution in [-0.2, 0) is 18.3 Å². The summed E-state index contributed by atoms with van der Waals surface area (Å²) in [6.07, 6.45) is 13.4. The number of carbonyl (C=O) groups excluding carboxylic acids is 1. The summed E-state index contributed by atoms with van der Waals surface area (Å²) in [5.41, 5.74) is 1.28. The van der Waals surface area contributed by atoms with Crippen LogP contribution in [0.2, 0.25) is 0 Å². The van der Waals surface area contributed by atoms with E-state index in [4.69, 9.17) is 0 Å². The maximum absolute atomic E-state index is 12.8. The lowest BCUT2D eigenvalue weighted by Gasteiger charge is -2.56. The Hall–Kier alpha value is -1.12. The molecule has 20 heavy (non-hydrogen) atoms. The smallest absolute Gasteiger partial charge is 0.139 e. The Bertz CT molecular complexity index is 496. The number of ketones is 1.